The summed E-state index contributed by atoms with van der Waals surface area (Å²) in [4.78, 5) is 42.6. The number of hydrogen-bond donors (Lipinski definition) is 3. The van der Waals surface area contributed by atoms with Crippen LogP contribution >= 0.6 is 7.82 Å². The van der Waals surface area contributed by atoms with Crippen molar-refractivity contribution in [3.8, 4) is 0 Å². The Labute approximate surface area is 307 Å². The van der Waals surface area contributed by atoms with Crippen LogP contribution in [-0.4, -0.2) is 52.3 Å². The number of allylic oxidation sites excluding steroid dienone is 16. The third-order valence-corrected chi connectivity index (χ3v) is 7.35. The number of ether oxygens (including phenoxy) is 2. The van der Waals surface area contributed by atoms with Crippen LogP contribution in [0.5, 0.6) is 0 Å². The van der Waals surface area contributed by atoms with Gasteiger partial charge >= 0.3 is 19.8 Å². The molecule has 0 aromatic rings. The first kappa shape index (κ1) is 47.7. The highest BCUT2D eigenvalue weighted by atomic mass is 31.2. The summed E-state index contributed by atoms with van der Waals surface area (Å²) in [7, 11) is -4.79. The van der Waals surface area contributed by atoms with E-state index in [4.69, 9.17) is 19.3 Å². The molecule has 0 spiro atoms. The summed E-state index contributed by atoms with van der Waals surface area (Å²) < 4.78 is 26.2. The van der Waals surface area contributed by atoms with Gasteiger partial charge in [-0.1, -0.05) is 123 Å². The first-order valence-electron chi connectivity index (χ1n) is 18.3. The number of unbranched alkanes of at least 4 members (excludes halogenated alkanes) is 3. The van der Waals surface area contributed by atoms with Crippen molar-refractivity contribution >= 4 is 19.8 Å². The molecule has 51 heavy (non-hydrogen) atoms. The lowest BCUT2D eigenvalue weighted by atomic mass is 10.2. The van der Waals surface area contributed by atoms with Crippen molar-refractivity contribution in [2.24, 2.45) is 0 Å². The smallest absolute Gasteiger partial charge is 0.462 e. The molecule has 0 amide bonds. The molecule has 0 saturated carbocycles. The van der Waals surface area contributed by atoms with E-state index >= 15 is 0 Å². The minimum atomic E-state index is -4.79. The van der Waals surface area contributed by atoms with Crippen LogP contribution < -0.4 is 0 Å². The van der Waals surface area contributed by atoms with Gasteiger partial charge in [0.1, 0.15) is 6.61 Å². The van der Waals surface area contributed by atoms with E-state index in [0.29, 0.717) is 25.7 Å². The lowest BCUT2D eigenvalue weighted by Gasteiger charge is -2.18. The molecule has 0 aromatic heterocycles. The molecule has 0 radical (unpaired) electrons. The molecule has 0 saturated heterocycles. The normalized spacial score (nSPS) is 14.4. The zero-order valence-corrected chi connectivity index (χ0v) is 31.7. The number of phosphoric acid groups is 1. The van der Waals surface area contributed by atoms with Gasteiger partial charge < -0.3 is 24.4 Å². The molecular weight excluding hydrogens is 667 g/mol. The molecular formula is C41H63O9P. The fourth-order valence-electron chi connectivity index (χ4n) is 4.18. The Morgan fingerprint density at radius 2 is 1.12 bits per heavy atom. The number of phosphoric ester groups is 1. The maximum atomic E-state index is 12.3. The second-order valence-corrected chi connectivity index (χ2v) is 12.9. The monoisotopic (exact) mass is 730 g/mol. The van der Waals surface area contributed by atoms with E-state index in [1.165, 1.54) is 0 Å². The standard InChI is InChI=1S/C41H63O9P/c1-3-5-7-8-9-10-11-12-13-14-18-21-24-27-30-34-40(43)48-36-39(37-49-51(45,46)47)50-41(44)35-31-28-25-22-19-16-15-17-20-23-26-29-33-38(42)32-6-4-2/h5-7,9-10,12-13,15-16,18,20-23,25-26,29,32,38-39,42H,3-4,8,11,14,17,19,24,27-28,30-31,33-37H2,1-2H3,(H2,45,46,47)/b7-5-,10-9-,13-12-,16-15-,21-18-,23-20-,25-22-,29-26+,32-6-/t38?,39-/m1/s1. The number of rotatable bonds is 31. The maximum absolute atomic E-state index is 12.3. The third kappa shape index (κ3) is 37.7. The van der Waals surface area contributed by atoms with Crippen molar-refractivity contribution in [2.75, 3.05) is 13.2 Å². The van der Waals surface area contributed by atoms with Crippen LogP contribution in [0, 0.1) is 0 Å². The predicted octanol–water partition coefficient (Wildman–Crippen LogP) is 9.81. The topological polar surface area (TPSA) is 140 Å². The lowest BCUT2D eigenvalue weighted by molar-refractivity contribution is -0.161. The predicted molar refractivity (Wildman–Crippen MR) is 208 cm³/mol. The molecule has 0 fully saturated rings. The fraction of sp³-hybridized carbons (Fsp3) is 0.512. The summed E-state index contributed by atoms with van der Waals surface area (Å²) in [6.45, 7) is 3.21. The first-order chi connectivity index (χ1) is 24.7. The van der Waals surface area contributed by atoms with Crippen molar-refractivity contribution < 1.29 is 43.0 Å². The van der Waals surface area contributed by atoms with Crippen molar-refractivity contribution in [3.05, 3.63) is 109 Å². The number of carbonyl (C=O) groups is 2. The number of aliphatic hydroxyl groups excluding tert-OH is 1. The minimum Gasteiger partial charge on any atom is -0.462 e. The Kier molecular flexibility index (Phi) is 32.8. The minimum absolute atomic E-state index is 0.0993. The van der Waals surface area contributed by atoms with Crippen LogP contribution in [0.4, 0.5) is 0 Å². The van der Waals surface area contributed by atoms with Gasteiger partial charge in [-0.3, -0.25) is 14.1 Å². The van der Waals surface area contributed by atoms with E-state index in [1.54, 1.807) is 6.08 Å². The van der Waals surface area contributed by atoms with Gasteiger partial charge in [0.25, 0.3) is 0 Å². The SMILES string of the molecule is CC/C=C\C/C=C\C/C=C\C/C=C\CCCCC(=O)OC[C@H](COP(=O)(O)O)OC(=O)CCC/C=C\C/C=C\C/C=C\C=C\CC(O)/C=C\CC. The van der Waals surface area contributed by atoms with Gasteiger partial charge in [-0.2, -0.15) is 0 Å². The van der Waals surface area contributed by atoms with Crippen molar-refractivity contribution in [2.45, 2.75) is 122 Å². The quantitative estimate of drug-likeness (QED) is 0.0209. The van der Waals surface area contributed by atoms with Gasteiger partial charge in [0.2, 0.25) is 0 Å². The number of esters is 2. The molecule has 286 valence electrons. The molecule has 10 heteroatoms. The average molecular weight is 731 g/mol. The second-order valence-electron chi connectivity index (χ2n) is 11.6. The average Bonchev–Trinajstić information content (AvgIpc) is 3.09. The molecule has 9 nitrogen and oxygen atoms in total. The van der Waals surface area contributed by atoms with E-state index in [2.05, 4.69) is 72.2 Å². The highest BCUT2D eigenvalue weighted by Crippen LogP contribution is 2.35. The van der Waals surface area contributed by atoms with Crippen LogP contribution in [-0.2, 0) is 28.2 Å². The Bertz CT molecular complexity index is 1200. The van der Waals surface area contributed by atoms with E-state index in [0.717, 1.165) is 57.8 Å². The summed E-state index contributed by atoms with van der Waals surface area (Å²) in [5.74, 6) is -1.04. The molecule has 0 heterocycles. The summed E-state index contributed by atoms with van der Waals surface area (Å²) in [5, 5.41) is 9.73. The van der Waals surface area contributed by atoms with Gasteiger partial charge in [0.05, 0.1) is 12.7 Å². The Balaban J connectivity index is 4.23. The number of aliphatic hydroxyl groups is 1. The van der Waals surface area contributed by atoms with Crippen molar-refractivity contribution in [1.29, 1.82) is 0 Å². The van der Waals surface area contributed by atoms with Crippen LogP contribution in [0.15, 0.2) is 109 Å². The van der Waals surface area contributed by atoms with Gasteiger partial charge in [-0.15, -0.1) is 0 Å². The Morgan fingerprint density at radius 1 is 0.608 bits per heavy atom. The van der Waals surface area contributed by atoms with E-state index in [1.807, 2.05) is 49.5 Å². The molecule has 0 aliphatic heterocycles. The number of carbonyl (C=O) groups excluding carboxylic acids is 2. The Morgan fingerprint density at radius 3 is 1.71 bits per heavy atom. The van der Waals surface area contributed by atoms with Gasteiger partial charge in [-0.05, 0) is 83.5 Å². The van der Waals surface area contributed by atoms with Crippen molar-refractivity contribution in [1.82, 2.24) is 0 Å². The summed E-state index contributed by atoms with van der Waals surface area (Å²) in [5.41, 5.74) is 0. The highest BCUT2D eigenvalue weighted by Gasteiger charge is 2.22. The fourth-order valence-corrected chi connectivity index (χ4v) is 4.54. The molecule has 0 rings (SSSR count). The van der Waals surface area contributed by atoms with Gasteiger partial charge in [0, 0.05) is 12.8 Å². The van der Waals surface area contributed by atoms with Crippen LogP contribution in [0.1, 0.15) is 110 Å². The van der Waals surface area contributed by atoms with Crippen molar-refractivity contribution in [3.63, 3.8) is 0 Å². The molecule has 0 bridgehead atoms. The van der Waals surface area contributed by atoms with Crippen LogP contribution in [0.3, 0.4) is 0 Å². The summed E-state index contributed by atoms with van der Waals surface area (Å²) in [6, 6.07) is 0. The molecule has 3 N–H and O–H groups in total. The summed E-state index contributed by atoms with van der Waals surface area (Å²) in [6.07, 6.45) is 45.9. The van der Waals surface area contributed by atoms with Gasteiger partial charge in [0.15, 0.2) is 6.10 Å². The van der Waals surface area contributed by atoms with Gasteiger partial charge in [-0.25, -0.2) is 4.57 Å². The second kappa shape index (κ2) is 35.1. The van der Waals surface area contributed by atoms with E-state index < -0.39 is 38.6 Å². The third-order valence-electron chi connectivity index (χ3n) is 6.86. The number of hydrogen-bond acceptors (Lipinski definition) is 7. The lowest BCUT2D eigenvalue weighted by Crippen LogP contribution is -2.29. The molecule has 0 aliphatic carbocycles. The van der Waals surface area contributed by atoms with E-state index in [9.17, 15) is 19.3 Å². The molecule has 1 unspecified atom stereocenters. The zero-order chi connectivity index (χ0) is 37.7. The first-order valence-corrected chi connectivity index (χ1v) is 19.8. The maximum Gasteiger partial charge on any atom is 0.469 e. The highest BCUT2D eigenvalue weighted by molar-refractivity contribution is 7.46. The largest absolute Gasteiger partial charge is 0.469 e. The van der Waals surface area contributed by atoms with Crippen LogP contribution in [0.2, 0.25) is 0 Å². The Hall–Kier alpha value is -3.33. The molecule has 2 atom stereocenters. The summed E-state index contributed by atoms with van der Waals surface area (Å²) >= 11 is 0. The zero-order valence-electron chi connectivity index (χ0n) is 30.8. The van der Waals surface area contributed by atoms with E-state index in [-0.39, 0.29) is 19.4 Å². The molecule has 0 aromatic carbocycles. The molecule has 0 aliphatic rings. The van der Waals surface area contributed by atoms with Crippen LogP contribution in [0.25, 0.3) is 0 Å².